The Morgan fingerprint density at radius 1 is 1.55 bits per heavy atom. The van der Waals surface area contributed by atoms with Gasteiger partial charge in [-0.05, 0) is 31.4 Å². The molecule has 1 amide bonds. The fourth-order valence-corrected chi connectivity index (χ4v) is 4.10. The molecule has 1 atom stereocenters. The smallest absolute Gasteiger partial charge is 0.244 e. The van der Waals surface area contributed by atoms with Gasteiger partial charge in [0.15, 0.2) is 0 Å². The van der Waals surface area contributed by atoms with E-state index in [1.54, 1.807) is 17.6 Å². The molecule has 122 valence electrons. The molecule has 6 nitrogen and oxygen atoms in total. The summed E-state index contributed by atoms with van der Waals surface area (Å²) in [5, 5.41) is 3.97. The topological polar surface area (TPSA) is 78.8 Å². The number of hydrogen-bond acceptors (Lipinski definition) is 5. The summed E-state index contributed by atoms with van der Waals surface area (Å²) >= 11 is 1.64. The molecule has 0 bridgehead atoms. The molecule has 1 saturated heterocycles. The first-order valence-corrected chi connectivity index (χ1v) is 9.93. The molecule has 1 unspecified atom stereocenters. The van der Waals surface area contributed by atoms with E-state index in [2.05, 4.69) is 17.5 Å². The Morgan fingerprint density at radius 3 is 2.95 bits per heavy atom. The van der Waals surface area contributed by atoms with E-state index in [9.17, 15) is 13.2 Å². The number of hydrogen-bond donors (Lipinski definition) is 1. The lowest BCUT2D eigenvalue weighted by Gasteiger charge is -2.29. The summed E-state index contributed by atoms with van der Waals surface area (Å²) in [5.41, 5.74) is 2.52. The summed E-state index contributed by atoms with van der Waals surface area (Å²) in [6.07, 6.45) is 5.16. The molecule has 22 heavy (non-hydrogen) atoms. The van der Waals surface area contributed by atoms with E-state index in [1.807, 2.05) is 12.1 Å². The highest BCUT2D eigenvalue weighted by molar-refractivity contribution is 7.88. The number of carbonyl (C=O) groups excluding carboxylic acids is 1. The summed E-state index contributed by atoms with van der Waals surface area (Å²) in [6, 6.07) is 4.00. The van der Waals surface area contributed by atoms with Crippen LogP contribution in [0.1, 0.15) is 29.5 Å². The van der Waals surface area contributed by atoms with Crippen molar-refractivity contribution in [3.8, 4) is 0 Å². The SMILES string of the molecule is CCc1ccc(C=NNC(=O)C2CCCN(S(C)(=O)=O)C2)s1. The van der Waals surface area contributed by atoms with Gasteiger partial charge in [-0.1, -0.05) is 6.92 Å². The third-order valence-electron chi connectivity index (χ3n) is 3.62. The molecular weight excluding hydrogens is 322 g/mol. The molecular formula is C14H21N3O3S2. The van der Waals surface area contributed by atoms with Crippen LogP contribution in [0.3, 0.4) is 0 Å². The van der Waals surface area contributed by atoms with Crippen LogP contribution >= 0.6 is 11.3 Å². The summed E-state index contributed by atoms with van der Waals surface area (Å²) in [6.45, 7) is 2.81. The van der Waals surface area contributed by atoms with Gasteiger partial charge < -0.3 is 0 Å². The molecule has 0 spiro atoms. The number of carbonyl (C=O) groups is 1. The molecule has 2 rings (SSSR count). The summed E-state index contributed by atoms with van der Waals surface area (Å²) < 4.78 is 24.5. The molecule has 1 aliphatic heterocycles. The van der Waals surface area contributed by atoms with Crippen LogP contribution in [0.4, 0.5) is 0 Å². The maximum atomic E-state index is 12.1. The van der Waals surface area contributed by atoms with Crippen LogP contribution in [0, 0.1) is 5.92 Å². The first-order valence-electron chi connectivity index (χ1n) is 7.27. The van der Waals surface area contributed by atoms with Crippen molar-refractivity contribution in [2.75, 3.05) is 19.3 Å². The lowest BCUT2D eigenvalue weighted by molar-refractivity contribution is -0.126. The predicted molar refractivity (Wildman–Crippen MR) is 88.6 cm³/mol. The quantitative estimate of drug-likeness (QED) is 0.649. The lowest BCUT2D eigenvalue weighted by atomic mass is 9.99. The van der Waals surface area contributed by atoms with Crippen molar-refractivity contribution in [2.24, 2.45) is 11.0 Å². The van der Waals surface area contributed by atoms with Gasteiger partial charge in [0.1, 0.15) is 0 Å². The van der Waals surface area contributed by atoms with E-state index in [0.717, 1.165) is 11.3 Å². The third kappa shape index (κ3) is 4.62. The largest absolute Gasteiger partial charge is 0.273 e. The molecule has 1 N–H and O–H groups in total. The molecule has 0 aliphatic carbocycles. The number of nitrogens with one attached hydrogen (secondary N) is 1. The van der Waals surface area contributed by atoms with Gasteiger partial charge in [-0.2, -0.15) is 5.10 Å². The third-order valence-corrected chi connectivity index (χ3v) is 6.06. The van der Waals surface area contributed by atoms with Crippen LogP contribution in [0.15, 0.2) is 17.2 Å². The average molecular weight is 343 g/mol. The fraction of sp³-hybridized carbons (Fsp3) is 0.571. The van der Waals surface area contributed by atoms with Gasteiger partial charge >= 0.3 is 0 Å². The Labute approximate surface area is 135 Å². The monoisotopic (exact) mass is 343 g/mol. The highest BCUT2D eigenvalue weighted by Gasteiger charge is 2.29. The van der Waals surface area contributed by atoms with Crippen LogP contribution in [0.25, 0.3) is 0 Å². The minimum absolute atomic E-state index is 0.225. The molecule has 0 saturated carbocycles. The highest BCUT2D eigenvalue weighted by atomic mass is 32.2. The number of piperidine rings is 1. The predicted octanol–water partition coefficient (Wildman–Crippen LogP) is 1.43. The van der Waals surface area contributed by atoms with E-state index in [0.29, 0.717) is 19.4 Å². The zero-order valence-electron chi connectivity index (χ0n) is 12.8. The van der Waals surface area contributed by atoms with Crippen molar-refractivity contribution in [1.82, 2.24) is 9.73 Å². The van der Waals surface area contributed by atoms with Crippen molar-refractivity contribution < 1.29 is 13.2 Å². The Hall–Kier alpha value is -1.25. The lowest BCUT2D eigenvalue weighted by Crippen LogP contribution is -2.44. The van der Waals surface area contributed by atoms with Crippen molar-refractivity contribution in [1.29, 1.82) is 0 Å². The molecule has 1 aliphatic rings. The number of nitrogens with zero attached hydrogens (tertiary/aromatic N) is 2. The zero-order valence-corrected chi connectivity index (χ0v) is 14.4. The van der Waals surface area contributed by atoms with Gasteiger partial charge in [0, 0.05) is 22.8 Å². The first-order chi connectivity index (χ1) is 10.4. The number of aryl methyl sites for hydroxylation is 1. The van der Waals surface area contributed by atoms with Crippen molar-refractivity contribution >= 4 is 33.5 Å². The minimum Gasteiger partial charge on any atom is -0.273 e. The summed E-state index contributed by atoms with van der Waals surface area (Å²) in [5.74, 6) is -0.563. The van der Waals surface area contributed by atoms with Gasteiger partial charge in [0.25, 0.3) is 0 Å². The van der Waals surface area contributed by atoms with Crippen LogP contribution in [-0.2, 0) is 21.2 Å². The second kappa shape index (κ2) is 7.34. The molecule has 1 aromatic heterocycles. The normalized spacial score (nSPS) is 20.4. The van der Waals surface area contributed by atoms with Crippen LogP contribution in [0.2, 0.25) is 0 Å². The fourth-order valence-electron chi connectivity index (χ4n) is 2.36. The van der Waals surface area contributed by atoms with Crippen LogP contribution in [-0.4, -0.2) is 44.2 Å². The number of sulfonamides is 1. The van der Waals surface area contributed by atoms with Crippen molar-refractivity contribution in [2.45, 2.75) is 26.2 Å². The highest BCUT2D eigenvalue weighted by Crippen LogP contribution is 2.19. The average Bonchev–Trinajstić information content (AvgIpc) is 2.94. The minimum atomic E-state index is -3.24. The second-order valence-corrected chi connectivity index (χ2v) is 8.53. The maximum absolute atomic E-state index is 12.1. The molecule has 0 aromatic carbocycles. The van der Waals surface area contributed by atoms with Gasteiger partial charge in [0.05, 0.1) is 18.4 Å². The Balaban J connectivity index is 1.89. The zero-order chi connectivity index (χ0) is 16.2. The van der Waals surface area contributed by atoms with E-state index in [4.69, 9.17) is 0 Å². The Morgan fingerprint density at radius 2 is 2.32 bits per heavy atom. The maximum Gasteiger partial charge on any atom is 0.244 e. The van der Waals surface area contributed by atoms with Crippen LogP contribution in [0.5, 0.6) is 0 Å². The van der Waals surface area contributed by atoms with Crippen LogP contribution < -0.4 is 5.43 Å². The van der Waals surface area contributed by atoms with E-state index >= 15 is 0 Å². The molecule has 1 fully saturated rings. The van der Waals surface area contributed by atoms with E-state index < -0.39 is 10.0 Å². The first kappa shape index (κ1) is 17.1. The number of hydrazone groups is 1. The van der Waals surface area contributed by atoms with Gasteiger partial charge in [0.2, 0.25) is 15.9 Å². The number of rotatable bonds is 5. The summed E-state index contributed by atoms with van der Waals surface area (Å²) in [4.78, 5) is 14.3. The number of thiophene rings is 1. The molecule has 1 aromatic rings. The summed E-state index contributed by atoms with van der Waals surface area (Å²) in [7, 11) is -3.24. The molecule has 8 heteroatoms. The van der Waals surface area contributed by atoms with E-state index in [-0.39, 0.29) is 18.4 Å². The number of amides is 1. The molecule has 2 heterocycles. The second-order valence-electron chi connectivity index (χ2n) is 5.35. The van der Waals surface area contributed by atoms with Crippen molar-refractivity contribution in [3.05, 3.63) is 21.9 Å². The Bertz CT molecular complexity index is 652. The van der Waals surface area contributed by atoms with E-state index in [1.165, 1.54) is 15.4 Å². The standard InChI is InChI=1S/C14H21N3O3S2/c1-3-12-6-7-13(21-12)9-15-16-14(18)11-5-4-8-17(10-11)22(2,19)20/h6-7,9,11H,3-5,8,10H2,1-2H3,(H,16,18). The molecule has 0 radical (unpaired) electrons. The van der Waals surface area contributed by atoms with Gasteiger partial charge in [-0.15, -0.1) is 11.3 Å². The van der Waals surface area contributed by atoms with Gasteiger partial charge in [-0.3, -0.25) is 4.79 Å². The van der Waals surface area contributed by atoms with Crippen molar-refractivity contribution in [3.63, 3.8) is 0 Å². The Kier molecular flexibility index (Phi) is 5.71. The van der Waals surface area contributed by atoms with Gasteiger partial charge in [-0.25, -0.2) is 18.1 Å².